The van der Waals surface area contributed by atoms with Crippen LogP contribution in [0.15, 0.2) is 12.1 Å². The molecule has 1 aromatic rings. The molecule has 1 amide bonds. The molecule has 3 rings (SSSR count). The number of benzene rings is 1. The van der Waals surface area contributed by atoms with Crippen LogP contribution in [0.4, 0.5) is 0 Å². The van der Waals surface area contributed by atoms with E-state index in [-0.39, 0.29) is 5.91 Å². The lowest BCUT2D eigenvalue weighted by atomic mass is 9.88. The van der Waals surface area contributed by atoms with Gasteiger partial charge in [0, 0.05) is 30.3 Å². The van der Waals surface area contributed by atoms with Crippen LogP contribution in [0.25, 0.3) is 0 Å². The molecule has 0 aromatic heterocycles. The van der Waals surface area contributed by atoms with Crippen molar-refractivity contribution in [2.75, 3.05) is 33.9 Å². The third-order valence-electron chi connectivity index (χ3n) is 5.49. The molecule has 1 aromatic carbocycles. The van der Waals surface area contributed by atoms with Gasteiger partial charge in [-0.25, -0.2) is 0 Å². The molecule has 1 unspecified atom stereocenters. The Morgan fingerprint density at radius 1 is 1.12 bits per heavy atom. The Hall–Kier alpha value is -1.75. The van der Waals surface area contributed by atoms with Gasteiger partial charge in [0.05, 0.1) is 14.2 Å². The molecule has 24 heavy (non-hydrogen) atoms. The molecule has 0 bridgehead atoms. The van der Waals surface area contributed by atoms with Crippen LogP contribution >= 0.6 is 0 Å². The van der Waals surface area contributed by atoms with Gasteiger partial charge in [-0.05, 0) is 57.2 Å². The quantitative estimate of drug-likeness (QED) is 0.921. The van der Waals surface area contributed by atoms with Crippen molar-refractivity contribution in [3.05, 3.63) is 23.3 Å². The second kappa shape index (κ2) is 7.43. The van der Waals surface area contributed by atoms with Crippen LogP contribution in [0, 0.1) is 12.8 Å². The van der Waals surface area contributed by atoms with Crippen molar-refractivity contribution >= 4 is 5.91 Å². The van der Waals surface area contributed by atoms with Crippen LogP contribution in [0.3, 0.4) is 0 Å². The van der Waals surface area contributed by atoms with Crippen molar-refractivity contribution < 1.29 is 14.3 Å². The summed E-state index contributed by atoms with van der Waals surface area (Å²) in [5, 5.41) is 3.60. The fourth-order valence-corrected chi connectivity index (χ4v) is 4.01. The Morgan fingerprint density at radius 3 is 2.25 bits per heavy atom. The average Bonchev–Trinajstić information content (AvgIpc) is 3.16. The molecule has 1 atom stereocenters. The molecule has 0 aliphatic carbocycles. The summed E-state index contributed by atoms with van der Waals surface area (Å²) in [6.07, 6.45) is 4.74. The highest BCUT2D eigenvalue weighted by molar-refractivity contribution is 5.95. The van der Waals surface area contributed by atoms with E-state index in [9.17, 15) is 4.79 Å². The second-order valence-electron chi connectivity index (χ2n) is 6.84. The number of likely N-dealkylation sites (tertiary alicyclic amines) is 1. The maximum Gasteiger partial charge on any atom is 0.254 e. The molecule has 5 nitrogen and oxygen atoms in total. The fourth-order valence-electron chi connectivity index (χ4n) is 4.01. The van der Waals surface area contributed by atoms with Gasteiger partial charge >= 0.3 is 0 Å². The van der Waals surface area contributed by atoms with Gasteiger partial charge in [0.15, 0.2) is 0 Å². The van der Waals surface area contributed by atoms with Crippen molar-refractivity contribution in [3.8, 4) is 11.5 Å². The molecule has 2 aliphatic rings. The van der Waals surface area contributed by atoms with Crippen LogP contribution in [0.1, 0.15) is 41.6 Å². The summed E-state index contributed by atoms with van der Waals surface area (Å²) in [7, 11) is 3.24. The molecule has 1 N–H and O–H groups in total. The second-order valence-corrected chi connectivity index (χ2v) is 6.84. The zero-order valence-corrected chi connectivity index (χ0v) is 14.9. The summed E-state index contributed by atoms with van der Waals surface area (Å²) >= 11 is 0. The number of carbonyl (C=O) groups excluding carboxylic acids is 1. The highest BCUT2D eigenvalue weighted by Crippen LogP contribution is 2.31. The van der Waals surface area contributed by atoms with Crippen LogP contribution in [-0.2, 0) is 0 Å². The third-order valence-corrected chi connectivity index (χ3v) is 5.49. The van der Waals surface area contributed by atoms with Gasteiger partial charge in [-0.2, -0.15) is 0 Å². The van der Waals surface area contributed by atoms with Crippen molar-refractivity contribution in [3.63, 3.8) is 0 Å². The minimum absolute atomic E-state index is 0.0735. The minimum atomic E-state index is 0.0735. The first kappa shape index (κ1) is 17.1. The Labute approximate surface area is 144 Å². The lowest BCUT2D eigenvalue weighted by Gasteiger charge is -2.35. The largest absolute Gasteiger partial charge is 0.496 e. The number of methoxy groups -OCH3 is 2. The predicted molar refractivity (Wildman–Crippen MR) is 93.9 cm³/mol. The van der Waals surface area contributed by atoms with Gasteiger partial charge in [-0.15, -0.1) is 0 Å². The Kier molecular flexibility index (Phi) is 5.29. The van der Waals surface area contributed by atoms with E-state index in [0.717, 1.165) is 38.0 Å². The van der Waals surface area contributed by atoms with Gasteiger partial charge in [0.2, 0.25) is 0 Å². The summed E-state index contributed by atoms with van der Waals surface area (Å²) in [6, 6.07) is 4.30. The molecule has 132 valence electrons. The first-order valence-corrected chi connectivity index (χ1v) is 8.89. The standard InChI is InChI=1S/C19H28N2O3/c1-13-17(23-2)11-15(12-18(13)24-3)19(22)21-9-6-14(7-10-21)16-5-4-8-20-16/h11-12,14,16,20H,4-10H2,1-3H3. The molecule has 5 heteroatoms. The number of piperidine rings is 1. The molecule has 0 radical (unpaired) electrons. The monoisotopic (exact) mass is 332 g/mol. The summed E-state index contributed by atoms with van der Waals surface area (Å²) in [4.78, 5) is 14.8. The number of nitrogens with zero attached hydrogens (tertiary/aromatic N) is 1. The van der Waals surface area contributed by atoms with Crippen LogP contribution in [0.2, 0.25) is 0 Å². The molecule has 2 fully saturated rings. The number of amides is 1. The topological polar surface area (TPSA) is 50.8 Å². The highest BCUT2D eigenvalue weighted by atomic mass is 16.5. The van der Waals surface area contributed by atoms with E-state index in [0.29, 0.717) is 29.0 Å². The summed E-state index contributed by atoms with van der Waals surface area (Å²) in [5.41, 5.74) is 1.56. The van der Waals surface area contributed by atoms with Crippen molar-refractivity contribution in [1.29, 1.82) is 0 Å². The number of ether oxygens (including phenoxy) is 2. The summed E-state index contributed by atoms with van der Waals surface area (Å²) in [5.74, 6) is 2.17. The van der Waals surface area contributed by atoms with Gasteiger partial charge in [0.25, 0.3) is 5.91 Å². The van der Waals surface area contributed by atoms with Gasteiger partial charge in [0.1, 0.15) is 11.5 Å². The Bertz CT molecular complexity index is 563. The maximum absolute atomic E-state index is 12.9. The third kappa shape index (κ3) is 3.36. The van der Waals surface area contributed by atoms with Crippen molar-refractivity contribution in [2.24, 2.45) is 5.92 Å². The molecule has 0 spiro atoms. The van der Waals surface area contributed by atoms with Gasteiger partial charge in [-0.3, -0.25) is 4.79 Å². The Morgan fingerprint density at radius 2 is 1.75 bits per heavy atom. The number of carbonyl (C=O) groups is 1. The highest BCUT2D eigenvalue weighted by Gasteiger charge is 2.30. The molecular formula is C19H28N2O3. The molecule has 2 aliphatic heterocycles. The van der Waals surface area contributed by atoms with Crippen LogP contribution in [0.5, 0.6) is 11.5 Å². The zero-order chi connectivity index (χ0) is 17.1. The lowest BCUT2D eigenvalue weighted by molar-refractivity contribution is 0.0673. The number of nitrogens with one attached hydrogen (secondary N) is 1. The van der Waals surface area contributed by atoms with E-state index in [1.54, 1.807) is 14.2 Å². The fraction of sp³-hybridized carbons (Fsp3) is 0.632. The average molecular weight is 332 g/mol. The van der Waals surface area contributed by atoms with E-state index in [4.69, 9.17) is 9.47 Å². The SMILES string of the molecule is COc1cc(C(=O)N2CCC(C3CCCN3)CC2)cc(OC)c1C. The molecule has 2 saturated heterocycles. The predicted octanol–water partition coefficient (Wildman–Crippen LogP) is 2.62. The minimum Gasteiger partial charge on any atom is -0.496 e. The first-order valence-electron chi connectivity index (χ1n) is 8.89. The zero-order valence-electron chi connectivity index (χ0n) is 14.9. The van der Waals surface area contributed by atoms with E-state index in [1.165, 1.54) is 12.8 Å². The summed E-state index contributed by atoms with van der Waals surface area (Å²) < 4.78 is 10.8. The number of hydrogen-bond donors (Lipinski definition) is 1. The molecule has 2 heterocycles. The van der Waals surface area contributed by atoms with Crippen molar-refractivity contribution in [1.82, 2.24) is 10.2 Å². The van der Waals surface area contributed by atoms with E-state index in [1.807, 2.05) is 24.0 Å². The van der Waals surface area contributed by atoms with Crippen LogP contribution < -0.4 is 14.8 Å². The van der Waals surface area contributed by atoms with Gasteiger partial charge < -0.3 is 19.7 Å². The Balaban J connectivity index is 1.69. The summed E-state index contributed by atoms with van der Waals surface area (Å²) in [6.45, 7) is 4.75. The number of hydrogen-bond acceptors (Lipinski definition) is 4. The number of rotatable bonds is 4. The normalized spacial score (nSPS) is 21.8. The van der Waals surface area contributed by atoms with E-state index in [2.05, 4.69) is 5.32 Å². The maximum atomic E-state index is 12.9. The van der Waals surface area contributed by atoms with Gasteiger partial charge in [-0.1, -0.05) is 0 Å². The molecular weight excluding hydrogens is 304 g/mol. The molecule has 0 saturated carbocycles. The van der Waals surface area contributed by atoms with Crippen molar-refractivity contribution in [2.45, 2.75) is 38.6 Å². The lowest BCUT2D eigenvalue weighted by Crippen LogP contribution is -2.43. The smallest absolute Gasteiger partial charge is 0.254 e. The first-order chi connectivity index (χ1) is 11.6. The van der Waals surface area contributed by atoms with Crippen LogP contribution in [-0.4, -0.2) is 50.7 Å². The van der Waals surface area contributed by atoms with E-state index >= 15 is 0 Å². The van der Waals surface area contributed by atoms with E-state index < -0.39 is 0 Å².